The Morgan fingerprint density at radius 2 is 1.65 bits per heavy atom. The first-order chi connectivity index (χ1) is 26.4. The van der Waals surface area contributed by atoms with Crippen LogP contribution >= 0.6 is 0 Å². The number of aliphatic hydroxyl groups is 6. The first kappa shape index (κ1) is 40.1. The molecule has 55 heavy (non-hydrogen) atoms. The number of rotatable bonds is 9. The van der Waals surface area contributed by atoms with Gasteiger partial charge in [0.15, 0.2) is 12.1 Å². The van der Waals surface area contributed by atoms with Gasteiger partial charge in [-0.15, -0.1) is 0 Å². The maximum absolute atomic E-state index is 14.4. The van der Waals surface area contributed by atoms with E-state index in [0.29, 0.717) is 31.6 Å². The summed E-state index contributed by atoms with van der Waals surface area (Å²) in [6.45, 7) is 0.438. The quantitative estimate of drug-likeness (QED) is 0.170. The van der Waals surface area contributed by atoms with Crippen LogP contribution in [0.25, 0.3) is 0 Å². The molecule has 0 bridgehead atoms. The zero-order chi connectivity index (χ0) is 38.7. The van der Waals surface area contributed by atoms with Crippen molar-refractivity contribution in [3.05, 3.63) is 23.5 Å². The summed E-state index contributed by atoms with van der Waals surface area (Å²) in [7, 11) is 0. The number of piperidine rings is 1. The molecule has 0 radical (unpaired) electrons. The Bertz CT molecular complexity index is 1500. The SMILES string of the molecule is NC1CC([C@@]2(C[C@]3(O)[C@H](O)[C@@H](CO)O[C@H](OC4CCCC5C(=O)[C@@H]6C=C(CC7CCCC(CO)C7)C=C(O)[C@H]6C(=O)C45)[C@@H]3O)CCC3(CCCC3)C2)CC[NH2+]1. The molecule has 12 heteroatoms. The van der Waals surface area contributed by atoms with Crippen LogP contribution in [0.15, 0.2) is 23.5 Å². The summed E-state index contributed by atoms with van der Waals surface area (Å²) in [5.74, 6) is -2.90. The van der Waals surface area contributed by atoms with Crippen molar-refractivity contribution in [1.82, 2.24) is 0 Å². The van der Waals surface area contributed by atoms with E-state index in [4.69, 9.17) is 15.2 Å². The Kier molecular flexibility index (Phi) is 11.5. The number of hydrogen-bond donors (Lipinski definition) is 8. The zero-order valence-corrected chi connectivity index (χ0v) is 32.5. The van der Waals surface area contributed by atoms with E-state index < -0.39 is 66.6 Å². The number of ketones is 2. The van der Waals surface area contributed by atoms with Gasteiger partial charge in [-0.2, -0.15) is 0 Å². The Balaban J connectivity index is 1.02. The number of allylic oxidation sites excluding steroid dienone is 4. The monoisotopic (exact) mass is 771 g/mol. The van der Waals surface area contributed by atoms with Crippen LogP contribution in [0.5, 0.6) is 0 Å². The molecule has 6 aliphatic carbocycles. The predicted octanol–water partition coefficient (Wildman–Crippen LogP) is 2.29. The topological polar surface area (TPSA) is 217 Å². The molecule has 1 spiro atoms. The van der Waals surface area contributed by atoms with Gasteiger partial charge in [0.2, 0.25) is 0 Å². The molecule has 2 aliphatic heterocycles. The molecular weight excluding hydrogens is 704 g/mol. The highest BCUT2D eigenvalue weighted by Gasteiger charge is 2.63. The molecule has 7 fully saturated rings. The van der Waals surface area contributed by atoms with Crippen molar-refractivity contribution in [3.63, 3.8) is 0 Å². The van der Waals surface area contributed by atoms with Gasteiger partial charge in [0.05, 0.1) is 37.0 Å². The van der Waals surface area contributed by atoms with E-state index in [9.17, 15) is 40.2 Å². The van der Waals surface area contributed by atoms with Crippen molar-refractivity contribution in [2.75, 3.05) is 19.8 Å². The van der Waals surface area contributed by atoms with Crippen molar-refractivity contribution in [1.29, 1.82) is 0 Å². The summed E-state index contributed by atoms with van der Waals surface area (Å²) in [6, 6.07) is 0. The molecule has 7 unspecified atom stereocenters. The predicted molar refractivity (Wildman–Crippen MR) is 201 cm³/mol. The number of nitrogens with two attached hydrogens (primary N) is 2. The zero-order valence-electron chi connectivity index (χ0n) is 32.5. The van der Waals surface area contributed by atoms with Crippen LogP contribution in [0.4, 0.5) is 0 Å². The molecular formula is C43H67N2O10+. The second-order valence-electron chi connectivity index (χ2n) is 19.6. The molecule has 12 nitrogen and oxygen atoms in total. The Labute approximate surface area is 325 Å². The fourth-order valence-electron chi connectivity index (χ4n) is 13.6. The fraction of sp³-hybridized carbons (Fsp3) is 0.860. The Hall–Kier alpha value is -1.74. The van der Waals surface area contributed by atoms with Crippen molar-refractivity contribution in [2.24, 2.45) is 58.0 Å². The number of aliphatic hydroxyl groups excluding tert-OH is 5. The molecule has 0 aromatic heterocycles. The third-order valence-corrected chi connectivity index (χ3v) is 16.3. The molecule has 0 aromatic rings. The largest absolute Gasteiger partial charge is 0.512 e. The number of carbonyl (C=O) groups is 2. The standard InChI is InChI=1S/C43H66N2O10/c44-33-19-27(9-14-45-33)42(13-12-41(22-42)10-1-2-11-41)23-43(53)38(51)32(21-47)55-40(39(43)52)54-31-8-4-7-28-35(31)37(50)34-29(36(28)49)17-26(18-30(34)48)16-24-5-3-6-25(15-24)20-46/h17-18,24-25,27-29,31-35,38-40,45-48,51-53H,1-16,19-23,44H2/p+1/t24?,25?,27?,28?,29-,31?,32-,33?,34+,35?,38-,39+,40+,42+,43+/m1/s1. The average Bonchev–Trinajstić information content (AvgIpc) is 3.80. The highest BCUT2D eigenvalue weighted by molar-refractivity contribution is 6.02. The summed E-state index contributed by atoms with van der Waals surface area (Å²) in [5, 5.41) is 70.2. The highest BCUT2D eigenvalue weighted by atomic mass is 16.7. The molecule has 10 N–H and O–H groups in total. The normalized spacial score (nSPS) is 47.3. The number of ether oxygens (including phenoxy) is 2. The maximum atomic E-state index is 14.4. The minimum atomic E-state index is -2.07. The lowest BCUT2D eigenvalue weighted by Gasteiger charge is -2.54. The van der Waals surface area contributed by atoms with Gasteiger partial charge in [0.25, 0.3) is 0 Å². The maximum Gasteiger partial charge on any atom is 0.187 e. The van der Waals surface area contributed by atoms with Crippen LogP contribution < -0.4 is 11.1 Å². The van der Waals surface area contributed by atoms with E-state index in [-0.39, 0.29) is 59.2 Å². The van der Waals surface area contributed by atoms with E-state index in [0.717, 1.165) is 82.7 Å². The number of quaternary nitrogens is 1. The van der Waals surface area contributed by atoms with Crippen LogP contribution in [0, 0.1) is 52.3 Å². The molecule has 8 aliphatic rings. The third kappa shape index (κ3) is 7.32. The van der Waals surface area contributed by atoms with E-state index in [1.807, 2.05) is 6.08 Å². The smallest absolute Gasteiger partial charge is 0.187 e. The molecule has 0 amide bonds. The van der Waals surface area contributed by atoms with E-state index >= 15 is 0 Å². The summed E-state index contributed by atoms with van der Waals surface area (Å²) in [5.41, 5.74) is 5.10. The fourth-order valence-corrected chi connectivity index (χ4v) is 13.6. The van der Waals surface area contributed by atoms with Crippen molar-refractivity contribution < 1.29 is 55.0 Å². The van der Waals surface area contributed by atoms with Gasteiger partial charge in [-0.25, -0.2) is 0 Å². The van der Waals surface area contributed by atoms with Crippen LogP contribution in [0.2, 0.25) is 0 Å². The number of Topliss-reactive ketones (excluding diaryl/α,β-unsaturated/α-hetero) is 2. The summed E-state index contributed by atoms with van der Waals surface area (Å²) in [6.07, 6.45) is 12.2. The lowest BCUT2D eigenvalue weighted by Crippen LogP contribution is -2.95. The van der Waals surface area contributed by atoms with Gasteiger partial charge in [0, 0.05) is 25.4 Å². The van der Waals surface area contributed by atoms with Gasteiger partial charge in [-0.05, 0) is 111 Å². The molecule has 5 saturated carbocycles. The van der Waals surface area contributed by atoms with Crippen LogP contribution in [-0.4, -0.2) is 104 Å². The van der Waals surface area contributed by atoms with Gasteiger partial charge >= 0.3 is 0 Å². The molecule has 2 heterocycles. The molecule has 15 atom stereocenters. The van der Waals surface area contributed by atoms with Gasteiger partial charge < -0.3 is 45.4 Å². The van der Waals surface area contributed by atoms with E-state index in [2.05, 4.69) is 5.32 Å². The van der Waals surface area contributed by atoms with E-state index in [1.54, 1.807) is 6.08 Å². The van der Waals surface area contributed by atoms with Gasteiger partial charge in [0.1, 0.15) is 41.6 Å². The number of carbonyl (C=O) groups excluding carboxylic acids is 2. The Morgan fingerprint density at radius 3 is 2.40 bits per heavy atom. The third-order valence-electron chi connectivity index (χ3n) is 16.3. The summed E-state index contributed by atoms with van der Waals surface area (Å²) >= 11 is 0. The first-order valence-electron chi connectivity index (χ1n) is 21.8. The van der Waals surface area contributed by atoms with E-state index in [1.165, 1.54) is 12.8 Å². The molecule has 0 aromatic carbocycles. The van der Waals surface area contributed by atoms with Crippen LogP contribution in [0.3, 0.4) is 0 Å². The van der Waals surface area contributed by atoms with Crippen molar-refractivity contribution in [3.8, 4) is 0 Å². The second-order valence-corrected chi connectivity index (χ2v) is 19.6. The van der Waals surface area contributed by atoms with Crippen LogP contribution in [0.1, 0.15) is 116 Å². The number of fused-ring (bicyclic) bond motifs is 2. The summed E-state index contributed by atoms with van der Waals surface area (Å²) < 4.78 is 12.6. The lowest BCUT2D eigenvalue weighted by atomic mass is 9.59. The van der Waals surface area contributed by atoms with Crippen LogP contribution in [-0.2, 0) is 19.1 Å². The van der Waals surface area contributed by atoms with Crippen molar-refractivity contribution >= 4 is 11.6 Å². The molecule has 8 rings (SSSR count). The molecule has 2 saturated heterocycles. The Morgan fingerprint density at radius 1 is 0.891 bits per heavy atom. The number of hydrogen-bond acceptors (Lipinski definition) is 11. The van der Waals surface area contributed by atoms with Gasteiger partial charge in [-0.1, -0.05) is 38.2 Å². The minimum Gasteiger partial charge on any atom is -0.512 e. The minimum absolute atomic E-state index is 0.0529. The average molecular weight is 772 g/mol. The first-order valence-corrected chi connectivity index (χ1v) is 21.8. The second kappa shape index (κ2) is 15.8. The summed E-state index contributed by atoms with van der Waals surface area (Å²) in [4.78, 5) is 28.7. The van der Waals surface area contributed by atoms with Gasteiger partial charge in [-0.3, -0.25) is 15.3 Å². The van der Waals surface area contributed by atoms with Crippen molar-refractivity contribution in [2.45, 2.75) is 158 Å². The lowest BCUT2D eigenvalue weighted by molar-refractivity contribution is -0.700. The highest BCUT2D eigenvalue weighted by Crippen LogP contribution is 2.64. The molecule has 308 valence electrons.